The molecular weight excluding hydrogens is 316 g/mol. The first-order valence-electron chi connectivity index (χ1n) is 8.41. The molecule has 130 valence electrons. The summed E-state index contributed by atoms with van der Waals surface area (Å²) in [5.74, 6) is 1.34. The highest BCUT2D eigenvalue weighted by atomic mass is 16.5. The van der Waals surface area contributed by atoms with Crippen LogP contribution in [0.5, 0.6) is 0 Å². The van der Waals surface area contributed by atoms with Gasteiger partial charge in [-0.1, -0.05) is 35.5 Å². The molecule has 2 aromatic heterocycles. The van der Waals surface area contributed by atoms with E-state index in [1.54, 1.807) is 10.7 Å². The summed E-state index contributed by atoms with van der Waals surface area (Å²) >= 11 is 0. The highest BCUT2D eigenvalue weighted by Gasteiger charge is 2.11. The minimum atomic E-state index is -0.0153. The number of nitrogens with one attached hydrogen (secondary N) is 1. The minimum Gasteiger partial charge on any atom is -0.361 e. The van der Waals surface area contributed by atoms with Gasteiger partial charge in [0.1, 0.15) is 5.76 Å². The highest BCUT2D eigenvalue weighted by molar-refractivity contribution is 5.89. The molecule has 25 heavy (non-hydrogen) atoms. The maximum absolute atomic E-state index is 12.1. The van der Waals surface area contributed by atoms with Crippen LogP contribution >= 0.6 is 0 Å². The van der Waals surface area contributed by atoms with Crippen LogP contribution in [0.15, 0.2) is 47.1 Å². The van der Waals surface area contributed by atoms with Crippen molar-refractivity contribution in [1.82, 2.24) is 14.9 Å². The van der Waals surface area contributed by atoms with Gasteiger partial charge >= 0.3 is 0 Å². The van der Waals surface area contributed by atoms with Gasteiger partial charge in [0.25, 0.3) is 0 Å². The van der Waals surface area contributed by atoms with Crippen molar-refractivity contribution in [3.05, 3.63) is 65.2 Å². The van der Waals surface area contributed by atoms with Crippen LogP contribution in [0.2, 0.25) is 0 Å². The van der Waals surface area contributed by atoms with Crippen LogP contribution in [-0.2, 0) is 17.8 Å². The summed E-state index contributed by atoms with van der Waals surface area (Å²) in [7, 11) is 0. The van der Waals surface area contributed by atoms with Gasteiger partial charge in [0.15, 0.2) is 5.82 Å². The molecule has 0 saturated carbocycles. The van der Waals surface area contributed by atoms with Crippen molar-refractivity contribution < 1.29 is 9.32 Å². The van der Waals surface area contributed by atoms with Crippen molar-refractivity contribution in [1.29, 1.82) is 0 Å². The molecule has 0 spiro atoms. The lowest BCUT2D eigenvalue weighted by Crippen LogP contribution is -2.12. The van der Waals surface area contributed by atoms with Crippen LogP contribution in [0.4, 0.5) is 5.82 Å². The number of anilines is 1. The molecule has 0 aliphatic rings. The van der Waals surface area contributed by atoms with E-state index in [1.165, 1.54) is 5.56 Å². The van der Waals surface area contributed by atoms with Gasteiger partial charge in [0.2, 0.25) is 5.91 Å². The lowest BCUT2D eigenvalue weighted by molar-refractivity contribution is -0.116. The first-order valence-corrected chi connectivity index (χ1v) is 8.41. The number of rotatable bonds is 7. The predicted octanol–water partition coefficient (Wildman–Crippen LogP) is 3.50. The van der Waals surface area contributed by atoms with Gasteiger partial charge < -0.3 is 9.84 Å². The van der Waals surface area contributed by atoms with Crippen LogP contribution < -0.4 is 5.32 Å². The van der Waals surface area contributed by atoms with E-state index < -0.39 is 0 Å². The standard InChI is InChI=1S/C19H22N4O2/c1-14-17(15(2)25-22-14)13-23-12-11-18(21-23)20-19(24)10-6-9-16-7-4-3-5-8-16/h3-5,7-8,11-12H,6,9-10,13H2,1-2H3,(H,20,21,24). The average Bonchev–Trinajstić information content (AvgIpc) is 3.17. The number of benzene rings is 1. The van der Waals surface area contributed by atoms with Crippen LogP contribution in [-0.4, -0.2) is 20.8 Å². The molecule has 1 amide bonds. The van der Waals surface area contributed by atoms with E-state index in [4.69, 9.17) is 4.52 Å². The van der Waals surface area contributed by atoms with E-state index in [9.17, 15) is 4.79 Å². The Morgan fingerprint density at radius 3 is 2.72 bits per heavy atom. The Morgan fingerprint density at radius 2 is 2.00 bits per heavy atom. The van der Waals surface area contributed by atoms with Gasteiger partial charge in [-0.15, -0.1) is 0 Å². The first-order chi connectivity index (χ1) is 12.1. The molecule has 6 nitrogen and oxygen atoms in total. The second-order valence-corrected chi connectivity index (χ2v) is 6.09. The summed E-state index contributed by atoms with van der Waals surface area (Å²) in [5.41, 5.74) is 3.13. The molecule has 3 rings (SSSR count). The minimum absolute atomic E-state index is 0.0153. The third-order valence-corrected chi connectivity index (χ3v) is 4.12. The number of hydrogen-bond donors (Lipinski definition) is 1. The van der Waals surface area contributed by atoms with E-state index in [-0.39, 0.29) is 5.91 Å². The summed E-state index contributed by atoms with van der Waals surface area (Å²) in [6.07, 6.45) is 4.03. The molecule has 0 unspecified atom stereocenters. The molecule has 0 radical (unpaired) electrons. The van der Waals surface area contributed by atoms with Crippen molar-refractivity contribution in [2.45, 2.75) is 39.7 Å². The molecule has 1 N–H and O–H groups in total. The Balaban J connectivity index is 1.48. The van der Waals surface area contributed by atoms with E-state index in [2.05, 4.69) is 27.7 Å². The second kappa shape index (κ2) is 7.79. The first kappa shape index (κ1) is 17.0. The van der Waals surface area contributed by atoms with E-state index in [0.29, 0.717) is 18.8 Å². The zero-order chi connectivity index (χ0) is 17.6. The van der Waals surface area contributed by atoms with Crippen molar-refractivity contribution in [2.24, 2.45) is 0 Å². The van der Waals surface area contributed by atoms with Gasteiger partial charge in [-0.25, -0.2) is 0 Å². The zero-order valence-electron chi connectivity index (χ0n) is 14.5. The fourth-order valence-electron chi connectivity index (χ4n) is 2.71. The molecule has 6 heteroatoms. The van der Waals surface area contributed by atoms with Crippen molar-refractivity contribution in [3.8, 4) is 0 Å². The molecule has 2 heterocycles. The quantitative estimate of drug-likeness (QED) is 0.715. The molecule has 0 aliphatic carbocycles. The topological polar surface area (TPSA) is 73.0 Å². The number of hydrogen-bond acceptors (Lipinski definition) is 4. The summed E-state index contributed by atoms with van der Waals surface area (Å²) in [6.45, 7) is 4.37. The Bertz CT molecular complexity index is 817. The smallest absolute Gasteiger partial charge is 0.225 e. The Hall–Kier alpha value is -2.89. The Morgan fingerprint density at radius 1 is 1.20 bits per heavy atom. The molecule has 0 aliphatic heterocycles. The van der Waals surface area contributed by atoms with E-state index in [1.807, 2.05) is 38.2 Å². The monoisotopic (exact) mass is 338 g/mol. The number of carbonyl (C=O) groups is 1. The van der Waals surface area contributed by atoms with E-state index in [0.717, 1.165) is 29.9 Å². The van der Waals surface area contributed by atoms with Crippen LogP contribution in [0.25, 0.3) is 0 Å². The number of carbonyl (C=O) groups excluding carboxylic acids is 1. The third-order valence-electron chi connectivity index (χ3n) is 4.12. The Labute approximate surface area is 146 Å². The normalized spacial score (nSPS) is 10.8. The number of aromatic nitrogens is 3. The number of aryl methyl sites for hydroxylation is 3. The molecule has 1 aromatic carbocycles. The van der Waals surface area contributed by atoms with Crippen LogP contribution in [0, 0.1) is 13.8 Å². The lowest BCUT2D eigenvalue weighted by atomic mass is 10.1. The fraction of sp³-hybridized carbons (Fsp3) is 0.316. The molecule has 3 aromatic rings. The SMILES string of the molecule is Cc1noc(C)c1Cn1ccc(NC(=O)CCCc2ccccc2)n1. The summed E-state index contributed by atoms with van der Waals surface area (Å²) < 4.78 is 6.93. The maximum atomic E-state index is 12.1. The predicted molar refractivity (Wildman–Crippen MR) is 95.3 cm³/mol. The molecule has 0 bridgehead atoms. The summed E-state index contributed by atoms with van der Waals surface area (Å²) in [6, 6.07) is 12.0. The molecule has 0 saturated heterocycles. The Kier molecular flexibility index (Phi) is 5.28. The van der Waals surface area contributed by atoms with Gasteiger partial charge in [-0.2, -0.15) is 5.10 Å². The van der Waals surface area contributed by atoms with Gasteiger partial charge in [-0.05, 0) is 32.3 Å². The maximum Gasteiger partial charge on any atom is 0.225 e. The van der Waals surface area contributed by atoms with Gasteiger partial charge in [0, 0.05) is 24.2 Å². The number of nitrogens with zero attached hydrogens (tertiary/aromatic N) is 3. The zero-order valence-corrected chi connectivity index (χ0v) is 14.5. The van der Waals surface area contributed by atoms with Gasteiger partial charge in [0.05, 0.1) is 12.2 Å². The van der Waals surface area contributed by atoms with Gasteiger partial charge in [-0.3, -0.25) is 9.48 Å². The van der Waals surface area contributed by atoms with Crippen molar-refractivity contribution >= 4 is 11.7 Å². The van der Waals surface area contributed by atoms with Crippen LogP contribution in [0.1, 0.15) is 35.4 Å². The lowest BCUT2D eigenvalue weighted by Gasteiger charge is -2.03. The van der Waals surface area contributed by atoms with Crippen LogP contribution in [0.3, 0.4) is 0 Å². The van der Waals surface area contributed by atoms with Crippen molar-refractivity contribution in [3.63, 3.8) is 0 Å². The number of amides is 1. The molecule has 0 fully saturated rings. The summed E-state index contributed by atoms with van der Waals surface area (Å²) in [5, 5.41) is 11.2. The van der Waals surface area contributed by atoms with E-state index >= 15 is 0 Å². The molecule has 0 atom stereocenters. The third kappa shape index (κ3) is 4.56. The fourth-order valence-corrected chi connectivity index (χ4v) is 2.71. The van der Waals surface area contributed by atoms with Crippen molar-refractivity contribution in [2.75, 3.05) is 5.32 Å². The second-order valence-electron chi connectivity index (χ2n) is 6.09. The highest BCUT2D eigenvalue weighted by Crippen LogP contribution is 2.14. The average molecular weight is 338 g/mol. The molecular formula is C19H22N4O2. The largest absolute Gasteiger partial charge is 0.361 e. The summed E-state index contributed by atoms with van der Waals surface area (Å²) in [4.78, 5) is 12.1.